The third kappa shape index (κ3) is 7.74. The number of rotatable bonds is 9. The van der Waals surface area contributed by atoms with Crippen molar-refractivity contribution in [3.63, 3.8) is 0 Å². The molecule has 0 fully saturated rings. The van der Waals surface area contributed by atoms with Crippen LogP contribution in [0, 0.1) is 5.92 Å². The van der Waals surface area contributed by atoms with Crippen molar-refractivity contribution in [1.82, 2.24) is 5.32 Å². The molecule has 0 aliphatic rings. The van der Waals surface area contributed by atoms with Crippen LogP contribution in [0.1, 0.15) is 51.6 Å². The van der Waals surface area contributed by atoms with Crippen molar-refractivity contribution < 1.29 is 29.0 Å². The molecule has 2 unspecified atom stereocenters. The van der Waals surface area contributed by atoms with E-state index in [0.717, 1.165) is 0 Å². The number of amides is 1. The standard InChI is InChI=1S/C18H24ClNO6/c1-4-16(23)25-17(11(2)3)26-18(24)20-14(9-10-15(21)22)12-5-7-13(19)8-6-12/h5-8,11,14,17H,4,9-10H2,1-3H3,(H,20,24)(H,21,22). The third-order valence-electron chi connectivity index (χ3n) is 3.52. The first-order valence-corrected chi connectivity index (χ1v) is 8.74. The highest BCUT2D eigenvalue weighted by molar-refractivity contribution is 6.30. The first kappa shape index (κ1) is 21.8. The molecule has 1 rings (SSSR count). The normalized spacial score (nSPS) is 13.0. The molecule has 2 atom stereocenters. The van der Waals surface area contributed by atoms with Crippen molar-refractivity contribution in [3.05, 3.63) is 34.9 Å². The fourth-order valence-electron chi connectivity index (χ4n) is 2.08. The summed E-state index contributed by atoms with van der Waals surface area (Å²) in [5.41, 5.74) is 0.694. The summed E-state index contributed by atoms with van der Waals surface area (Å²) in [4.78, 5) is 34.5. The Morgan fingerprint density at radius 1 is 1.15 bits per heavy atom. The second-order valence-corrected chi connectivity index (χ2v) is 6.48. The minimum Gasteiger partial charge on any atom is -0.481 e. The number of benzene rings is 1. The van der Waals surface area contributed by atoms with E-state index >= 15 is 0 Å². The van der Waals surface area contributed by atoms with Crippen LogP contribution in [-0.2, 0) is 19.1 Å². The first-order valence-electron chi connectivity index (χ1n) is 8.36. The molecule has 0 radical (unpaired) electrons. The Labute approximate surface area is 157 Å². The number of alkyl carbamates (subject to hydrolysis) is 1. The van der Waals surface area contributed by atoms with Crippen LogP contribution in [0.25, 0.3) is 0 Å². The summed E-state index contributed by atoms with van der Waals surface area (Å²) in [6.07, 6.45) is -1.61. The molecule has 8 heteroatoms. The van der Waals surface area contributed by atoms with Crippen molar-refractivity contribution >= 4 is 29.6 Å². The molecule has 0 bridgehead atoms. The molecule has 0 heterocycles. The Morgan fingerprint density at radius 3 is 2.27 bits per heavy atom. The van der Waals surface area contributed by atoms with Crippen LogP contribution in [0.3, 0.4) is 0 Å². The number of aliphatic carboxylic acids is 1. The van der Waals surface area contributed by atoms with Crippen LogP contribution < -0.4 is 5.32 Å². The quantitative estimate of drug-likeness (QED) is 0.493. The van der Waals surface area contributed by atoms with E-state index in [1.54, 1.807) is 45.0 Å². The highest BCUT2D eigenvalue weighted by Crippen LogP contribution is 2.21. The fourth-order valence-corrected chi connectivity index (χ4v) is 2.20. The predicted molar refractivity (Wildman–Crippen MR) is 95.7 cm³/mol. The summed E-state index contributed by atoms with van der Waals surface area (Å²) in [6.45, 7) is 5.15. The van der Waals surface area contributed by atoms with Crippen molar-refractivity contribution in [1.29, 1.82) is 0 Å². The lowest BCUT2D eigenvalue weighted by atomic mass is 10.0. The van der Waals surface area contributed by atoms with Gasteiger partial charge in [0.25, 0.3) is 6.29 Å². The maximum atomic E-state index is 12.2. The van der Waals surface area contributed by atoms with E-state index in [9.17, 15) is 14.4 Å². The lowest BCUT2D eigenvalue weighted by molar-refractivity contribution is -0.174. The molecule has 7 nitrogen and oxygen atoms in total. The van der Waals surface area contributed by atoms with E-state index in [2.05, 4.69) is 5.32 Å². The lowest BCUT2D eigenvalue weighted by Crippen LogP contribution is -2.36. The van der Waals surface area contributed by atoms with Gasteiger partial charge in [0.05, 0.1) is 6.04 Å². The Morgan fingerprint density at radius 2 is 1.77 bits per heavy atom. The molecular weight excluding hydrogens is 362 g/mol. The minimum atomic E-state index is -1.02. The maximum absolute atomic E-state index is 12.2. The fraction of sp³-hybridized carbons (Fsp3) is 0.500. The number of ether oxygens (including phenoxy) is 2. The van der Waals surface area contributed by atoms with Gasteiger partial charge in [-0.15, -0.1) is 0 Å². The summed E-state index contributed by atoms with van der Waals surface area (Å²) < 4.78 is 10.3. The number of carboxylic acids is 1. The zero-order valence-electron chi connectivity index (χ0n) is 15.0. The maximum Gasteiger partial charge on any atom is 0.410 e. The summed E-state index contributed by atoms with van der Waals surface area (Å²) in [6, 6.07) is 6.12. The van der Waals surface area contributed by atoms with E-state index in [1.807, 2.05) is 0 Å². The molecular formula is C18H24ClNO6. The highest BCUT2D eigenvalue weighted by atomic mass is 35.5. The summed E-state index contributed by atoms with van der Waals surface area (Å²) in [7, 11) is 0. The Bertz CT molecular complexity index is 617. The summed E-state index contributed by atoms with van der Waals surface area (Å²) in [5.74, 6) is -1.68. The molecule has 0 saturated heterocycles. The zero-order valence-corrected chi connectivity index (χ0v) is 15.8. The van der Waals surface area contributed by atoms with E-state index < -0.39 is 30.4 Å². The molecule has 144 valence electrons. The number of carbonyl (C=O) groups is 3. The van der Waals surface area contributed by atoms with E-state index in [-0.39, 0.29) is 25.2 Å². The van der Waals surface area contributed by atoms with E-state index in [0.29, 0.717) is 10.6 Å². The number of hydrogen-bond donors (Lipinski definition) is 2. The minimum absolute atomic E-state index is 0.133. The van der Waals surface area contributed by atoms with Gasteiger partial charge in [0, 0.05) is 23.8 Å². The van der Waals surface area contributed by atoms with Gasteiger partial charge in [-0.05, 0) is 24.1 Å². The van der Waals surface area contributed by atoms with Crippen LogP contribution in [0.15, 0.2) is 24.3 Å². The van der Waals surface area contributed by atoms with Gasteiger partial charge in [0.2, 0.25) is 0 Å². The van der Waals surface area contributed by atoms with Crippen LogP contribution in [0.5, 0.6) is 0 Å². The van der Waals surface area contributed by atoms with Crippen molar-refractivity contribution in [3.8, 4) is 0 Å². The SMILES string of the molecule is CCC(=O)OC(OC(=O)NC(CCC(=O)O)c1ccc(Cl)cc1)C(C)C. The van der Waals surface area contributed by atoms with Gasteiger partial charge in [-0.2, -0.15) is 0 Å². The smallest absolute Gasteiger partial charge is 0.410 e. The second-order valence-electron chi connectivity index (χ2n) is 6.04. The topological polar surface area (TPSA) is 102 Å². The zero-order chi connectivity index (χ0) is 19.7. The predicted octanol–water partition coefficient (Wildman–Crippen LogP) is 3.91. The van der Waals surface area contributed by atoms with Gasteiger partial charge in [-0.3, -0.25) is 9.59 Å². The van der Waals surface area contributed by atoms with Gasteiger partial charge < -0.3 is 19.9 Å². The number of esters is 1. The van der Waals surface area contributed by atoms with Crippen LogP contribution >= 0.6 is 11.6 Å². The monoisotopic (exact) mass is 385 g/mol. The van der Waals surface area contributed by atoms with Crippen LogP contribution in [0.2, 0.25) is 5.02 Å². The van der Waals surface area contributed by atoms with Crippen molar-refractivity contribution in [2.75, 3.05) is 0 Å². The number of hydrogen-bond acceptors (Lipinski definition) is 5. The Balaban J connectivity index is 2.81. The second kappa shape index (κ2) is 10.7. The largest absolute Gasteiger partial charge is 0.481 e. The highest BCUT2D eigenvalue weighted by Gasteiger charge is 2.24. The summed E-state index contributed by atoms with van der Waals surface area (Å²) in [5, 5.41) is 12.1. The molecule has 2 N–H and O–H groups in total. The van der Waals surface area contributed by atoms with E-state index in [4.69, 9.17) is 26.2 Å². The van der Waals surface area contributed by atoms with Gasteiger partial charge in [0.1, 0.15) is 0 Å². The molecule has 0 spiro atoms. The van der Waals surface area contributed by atoms with E-state index in [1.165, 1.54) is 0 Å². The molecule has 0 aliphatic carbocycles. The van der Waals surface area contributed by atoms with Gasteiger partial charge in [0.15, 0.2) is 0 Å². The number of carboxylic acid groups (broad SMARTS) is 1. The van der Waals surface area contributed by atoms with Gasteiger partial charge >= 0.3 is 18.0 Å². The van der Waals surface area contributed by atoms with Crippen LogP contribution in [0.4, 0.5) is 4.79 Å². The Kier molecular flexibility index (Phi) is 8.92. The van der Waals surface area contributed by atoms with Crippen molar-refractivity contribution in [2.45, 2.75) is 52.4 Å². The summed E-state index contributed by atoms with van der Waals surface area (Å²) >= 11 is 5.86. The molecule has 0 aromatic heterocycles. The molecule has 1 amide bonds. The molecule has 0 saturated carbocycles. The van der Waals surface area contributed by atoms with Gasteiger partial charge in [-0.25, -0.2) is 4.79 Å². The first-order chi connectivity index (χ1) is 12.2. The number of carbonyl (C=O) groups excluding carboxylic acids is 2. The molecule has 0 aliphatic heterocycles. The third-order valence-corrected chi connectivity index (χ3v) is 3.77. The Hall–Kier alpha value is -2.28. The van der Waals surface area contributed by atoms with Crippen molar-refractivity contribution in [2.24, 2.45) is 5.92 Å². The molecule has 26 heavy (non-hydrogen) atoms. The average molecular weight is 386 g/mol. The average Bonchev–Trinajstić information content (AvgIpc) is 2.58. The van der Waals surface area contributed by atoms with Gasteiger partial charge in [-0.1, -0.05) is 44.5 Å². The lowest BCUT2D eigenvalue weighted by Gasteiger charge is -2.24. The van der Waals surface area contributed by atoms with Crippen LogP contribution in [-0.4, -0.2) is 29.4 Å². The molecule has 1 aromatic carbocycles. The number of halogens is 1. The number of nitrogens with one attached hydrogen (secondary N) is 1. The molecule has 1 aromatic rings.